The van der Waals surface area contributed by atoms with Crippen LogP contribution in [0.5, 0.6) is 0 Å². The lowest BCUT2D eigenvalue weighted by atomic mass is 9.71. The third kappa shape index (κ3) is 3.14. The number of ether oxygens (including phenoxy) is 1. The van der Waals surface area contributed by atoms with E-state index in [0.29, 0.717) is 24.8 Å². The summed E-state index contributed by atoms with van der Waals surface area (Å²) in [6, 6.07) is 4.13. The Labute approximate surface area is 134 Å². The van der Waals surface area contributed by atoms with Crippen molar-refractivity contribution in [2.75, 3.05) is 0 Å². The van der Waals surface area contributed by atoms with Crippen molar-refractivity contribution in [1.82, 2.24) is 0 Å². The monoisotopic (exact) mass is 326 g/mol. The molecule has 0 N–H and O–H groups in total. The van der Waals surface area contributed by atoms with E-state index in [1.807, 2.05) is 13.8 Å². The van der Waals surface area contributed by atoms with Gasteiger partial charge < -0.3 is 4.74 Å². The first-order chi connectivity index (χ1) is 10.6. The lowest BCUT2D eigenvalue weighted by molar-refractivity contribution is -0.164. The SMILES string of the molecule is C=C(C)C(=O)OC1(C(C)C)CCCc2c(C(F)(F)F)cccc21. The first kappa shape index (κ1) is 17.6. The van der Waals surface area contributed by atoms with E-state index >= 15 is 0 Å². The van der Waals surface area contributed by atoms with E-state index in [2.05, 4.69) is 6.58 Å². The van der Waals surface area contributed by atoms with Gasteiger partial charge in [-0.05, 0) is 49.3 Å². The van der Waals surface area contributed by atoms with Crippen LogP contribution in [0.4, 0.5) is 13.2 Å². The maximum absolute atomic E-state index is 13.3. The summed E-state index contributed by atoms with van der Waals surface area (Å²) < 4.78 is 45.6. The molecule has 1 atom stereocenters. The number of carbonyl (C=O) groups excluding carboxylic acids is 1. The van der Waals surface area contributed by atoms with E-state index in [0.717, 1.165) is 6.07 Å². The zero-order chi connectivity index (χ0) is 17.4. The number of fused-ring (bicyclic) bond motifs is 1. The summed E-state index contributed by atoms with van der Waals surface area (Å²) in [5.41, 5.74) is -0.710. The second-order valence-electron chi connectivity index (χ2n) is 6.40. The van der Waals surface area contributed by atoms with Crippen molar-refractivity contribution >= 4 is 5.97 Å². The molecule has 126 valence electrons. The van der Waals surface area contributed by atoms with Gasteiger partial charge in [-0.3, -0.25) is 0 Å². The summed E-state index contributed by atoms with van der Waals surface area (Å²) in [6.45, 7) is 8.83. The second-order valence-corrected chi connectivity index (χ2v) is 6.40. The maximum Gasteiger partial charge on any atom is 0.416 e. The van der Waals surface area contributed by atoms with Gasteiger partial charge in [0.15, 0.2) is 0 Å². The highest BCUT2D eigenvalue weighted by Crippen LogP contribution is 2.47. The predicted molar refractivity (Wildman–Crippen MR) is 81.8 cm³/mol. The quantitative estimate of drug-likeness (QED) is 0.576. The Morgan fingerprint density at radius 1 is 1.35 bits per heavy atom. The van der Waals surface area contributed by atoms with Gasteiger partial charge in [-0.2, -0.15) is 13.2 Å². The molecule has 0 aromatic heterocycles. The molecule has 5 heteroatoms. The molecule has 0 saturated heterocycles. The fourth-order valence-corrected chi connectivity index (χ4v) is 3.26. The number of halogens is 3. The van der Waals surface area contributed by atoms with E-state index in [9.17, 15) is 18.0 Å². The number of hydrogen-bond donors (Lipinski definition) is 0. The number of rotatable bonds is 3. The molecular formula is C18H21F3O2. The highest BCUT2D eigenvalue weighted by molar-refractivity contribution is 5.87. The normalized spacial score (nSPS) is 21.0. The minimum absolute atomic E-state index is 0.145. The maximum atomic E-state index is 13.3. The fraction of sp³-hybridized carbons (Fsp3) is 0.500. The first-order valence-corrected chi connectivity index (χ1v) is 7.68. The lowest BCUT2D eigenvalue weighted by Crippen LogP contribution is -2.41. The predicted octanol–water partition coefficient (Wildman–Crippen LogP) is 5.01. The number of esters is 1. The summed E-state index contributed by atoms with van der Waals surface area (Å²) in [6.07, 6.45) is -3.02. The van der Waals surface area contributed by atoms with Gasteiger partial charge in [-0.25, -0.2) is 4.79 Å². The van der Waals surface area contributed by atoms with Crippen LogP contribution in [-0.4, -0.2) is 5.97 Å². The van der Waals surface area contributed by atoms with E-state index in [1.165, 1.54) is 13.0 Å². The molecule has 1 aromatic rings. The summed E-state index contributed by atoms with van der Waals surface area (Å²) in [7, 11) is 0. The van der Waals surface area contributed by atoms with E-state index < -0.39 is 23.3 Å². The van der Waals surface area contributed by atoms with Crippen LogP contribution >= 0.6 is 0 Å². The average molecular weight is 326 g/mol. The molecule has 1 aromatic carbocycles. The standard InChI is InChI=1S/C18H21F3O2/c1-11(2)16(22)23-17(12(3)4)10-6-7-13-14(17)8-5-9-15(13)18(19,20)21/h5,8-9,12H,1,6-7,10H2,2-4H3. The largest absolute Gasteiger partial charge is 0.451 e. The molecule has 1 unspecified atom stereocenters. The van der Waals surface area contributed by atoms with Crippen LogP contribution in [0, 0.1) is 5.92 Å². The average Bonchev–Trinajstić information content (AvgIpc) is 2.45. The molecule has 0 spiro atoms. The molecule has 0 bridgehead atoms. The number of carbonyl (C=O) groups is 1. The molecular weight excluding hydrogens is 305 g/mol. The summed E-state index contributed by atoms with van der Waals surface area (Å²) in [5, 5.41) is 0. The van der Waals surface area contributed by atoms with Crippen LogP contribution in [-0.2, 0) is 27.7 Å². The zero-order valence-electron chi connectivity index (χ0n) is 13.6. The van der Waals surface area contributed by atoms with Crippen LogP contribution in [0.15, 0.2) is 30.4 Å². The van der Waals surface area contributed by atoms with Crippen molar-refractivity contribution in [2.24, 2.45) is 5.92 Å². The zero-order valence-corrected chi connectivity index (χ0v) is 13.6. The smallest absolute Gasteiger partial charge is 0.416 e. The number of hydrogen-bond acceptors (Lipinski definition) is 2. The van der Waals surface area contributed by atoms with Crippen molar-refractivity contribution in [3.63, 3.8) is 0 Å². The Morgan fingerprint density at radius 2 is 2.00 bits per heavy atom. The van der Waals surface area contributed by atoms with Crippen molar-refractivity contribution in [3.8, 4) is 0 Å². The number of alkyl halides is 3. The van der Waals surface area contributed by atoms with Crippen molar-refractivity contribution in [2.45, 2.75) is 51.8 Å². The Hall–Kier alpha value is -1.78. The van der Waals surface area contributed by atoms with Crippen LogP contribution in [0.1, 0.15) is 50.3 Å². The topological polar surface area (TPSA) is 26.3 Å². The van der Waals surface area contributed by atoms with E-state index in [-0.39, 0.29) is 17.1 Å². The molecule has 0 saturated carbocycles. The first-order valence-electron chi connectivity index (χ1n) is 7.68. The van der Waals surface area contributed by atoms with Crippen molar-refractivity contribution in [3.05, 3.63) is 47.0 Å². The lowest BCUT2D eigenvalue weighted by Gasteiger charge is -2.42. The third-order valence-corrected chi connectivity index (χ3v) is 4.47. The molecule has 0 aliphatic heterocycles. The van der Waals surface area contributed by atoms with Gasteiger partial charge in [0.05, 0.1) is 5.56 Å². The molecule has 1 aliphatic rings. The minimum atomic E-state index is -4.41. The molecule has 0 radical (unpaired) electrons. The Balaban J connectivity index is 2.62. The highest BCUT2D eigenvalue weighted by Gasteiger charge is 2.46. The Bertz CT molecular complexity index is 632. The van der Waals surface area contributed by atoms with Crippen LogP contribution in [0.2, 0.25) is 0 Å². The molecule has 0 heterocycles. The summed E-state index contributed by atoms with van der Waals surface area (Å²) in [4.78, 5) is 12.1. The van der Waals surface area contributed by atoms with Crippen LogP contribution in [0.25, 0.3) is 0 Å². The van der Waals surface area contributed by atoms with Gasteiger partial charge >= 0.3 is 12.1 Å². The van der Waals surface area contributed by atoms with Gasteiger partial charge in [-0.1, -0.05) is 32.6 Å². The Kier molecular flexibility index (Phi) is 4.60. The minimum Gasteiger partial charge on any atom is -0.451 e. The van der Waals surface area contributed by atoms with Crippen LogP contribution in [0.3, 0.4) is 0 Å². The van der Waals surface area contributed by atoms with Gasteiger partial charge in [0.25, 0.3) is 0 Å². The van der Waals surface area contributed by atoms with E-state index in [4.69, 9.17) is 4.74 Å². The fourth-order valence-electron chi connectivity index (χ4n) is 3.26. The highest BCUT2D eigenvalue weighted by atomic mass is 19.4. The third-order valence-electron chi connectivity index (χ3n) is 4.47. The second kappa shape index (κ2) is 6.02. The molecule has 2 rings (SSSR count). The Morgan fingerprint density at radius 3 is 2.52 bits per heavy atom. The summed E-state index contributed by atoms with van der Waals surface area (Å²) >= 11 is 0. The van der Waals surface area contributed by atoms with Crippen molar-refractivity contribution < 1.29 is 22.7 Å². The molecule has 0 amide bonds. The summed E-state index contributed by atoms with van der Waals surface area (Å²) in [5.74, 6) is -0.711. The van der Waals surface area contributed by atoms with Crippen LogP contribution < -0.4 is 0 Å². The molecule has 23 heavy (non-hydrogen) atoms. The molecule has 0 fully saturated rings. The molecule has 2 nitrogen and oxygen atoms in total. The van der Waals surface area contributed by atoms with Gasteiger partial charge in [0, 0.05) is 5.57 Å². The van der Waals surface area contributed by atoms with Gasteiger partial charge in [0.2, 0.25) is 0 Å². The van der Waals surface area contributed by atoms with Gasteiger partial charge in [-0.15, -0.1) is 0 Å². The van der Waals surface area contributed by atoms with E-state index in [1.54, 1.807) is 6.07 Å². The molecule has 1 aliphatic carbocycles. The number of benzene rings is 1. The van der Waals surface area contributed by atoms with Crippen molar-refractivity contribution in [1.29, 1.82) is 0 Å². The van der Waals surface area contributed by atoms with Gasteiger partial charge in [0.1, 0.15) is 5.60 Å².